The van der Waals surface area contributed by atoms with E-state index in [0.29, 0.717) is 16.1 Å². The molecule has 2 aromatic rings. The van der Waals surface area contributed by atoms with Gasteiger partial charge in [-0.05, 0) is 19.1 Å². The molecule has 0 fully saturated rings. The largest absolute Gasteiger partial charge is 0.273 e. The van der Waals surface area contributed by atoms with E-state index in [1.165, 1.54) is 24.4 Å². The first-order valence-electron chi connectivity index (χ1n) is 6.32. The molecule has 6 nitrogen and oxygen atoms in total. The lowest BCUT2D eigenvalue weighted by Gasteiger charge is -2.02. The summed E-state index contributed by atoms with van der Waals surface area (Å²) in [7, 11) is 0. The zero-order valence-corrected chi connectivity index (χ0v) is 12.4. The van der Waals surface area contributed by atoms with E-state index < -0.39 is 10.8 Å². The Hall–Kier alpha value is -2.73. The van der Waals surface area contributed by atoms with Gasteiger partial charge in [-0.25, -0.2) is 5.43 Å². The van der Waals surface area contributed by atoms with E-state index in [1.54, 1.807) is 31.2 Å². The number of nitro benzene ring substituents is 1. The van der Waals surface area contributed by atoms with Gasteiger partial charge in [-0.3, -0.25) is 14.9 Å². The van der Waals surface area contributed by atoms with Crippen LogP contribution < -0.4 is 5.43 Å². The number of hydrazone groups is 1. The Kier molecular flexibility index (Phi) is 4.85. The number of nitrogens with one attached hydrogen (secondary N) is 1. The molecular formula is C15H12ClN3O3. The van der Waals surface area contributed by atoms with E-state index in [9.17, 15) is 14.9 Å². The molecule has 0 saturated heterocycles. The second kappa shape index (κ2) is 6.82. The highest BCUT2D eigenvalue weighted by Gasteiger charge is 2.14. The highest BCUT2D eigenvalue weighted by Crippen LogP contribution is 2.19. The lowest BCUT2D eigenvalue weighted by molar-refractivity contribution is -0.385. The summed E-state index contributed by atoms with van der Waals surface area (Å²) in [5.41, 5.74) is 3.50. The third-order valence-electron chi connectivity index (χ3n) is 2.94. The van der Waals surface area contributed by atoms with Gasteiger partial charge in [0.25, 0.3) is 11.6 Å². The zero-order chi connectivity index (χ0) is 16.1. The minimum absolute atomic E-state index is 0.109. The first-order valence-corrected chi connectivity index (χ1v) is 6.70. The standard InChI is InChI=1S/C15H12ClN3O3/c1-10-6-7-11(8-14(10)19(21)22)15(20)18-17-9-12-4-2-3-5-13(12)16/h2-9H,1H3,(H,18,20). The fraction of sp³-hybridized carbons (Fsp3) is 0.0667. The number of hydrogen-bond donors (Lipinski definition) is 1. The summed E-state index contributed by atoms with van der Waals surface area (Å²) >= 11 is 5.95. The van der Waals surface area contributed by atoms with Crippen molar-refractivity contribution in [2.45, 2.75) is 6.92 Å². The molecule has 1 N–H and O–H groups in total. The summed E-state index contributed by atoms with van der Waals surface area (Å²) in [4.78, 5) is 22.3. The molecule has 0 heterocycles. The molecular weight excluding hydrogens is 306 g/mol. The van der Waals surface area contributed by atoms with Crippen LogP contribution in [0.25, 0.3) is 0 Å². The van der Waals surface area contributed by atoms with Gasteiger partial charge < -0.3 is 0 Å². The summed E-state index contributed by atoms with van der Waals surface area (Å²) in [6.45, 7) is 1.61. The Morgan fingerprint density at radius 3 is 2.73 bits per heavy atom. The number of halogens is 1. The molecule has 0 aliphatic rings. The SMILES string of the molecule is Cc1ccc(C(=O)NN=Cc2ccccc2Cl)cc1[N+](=O)[O-]. The number of nitrogens with zero attached hydrogens (tertiary/aromatic N) is 2. The Balaban J connectivity index is 2.12. The van der Waals surface area contributed by atoms with Gasteiger partial charge in [0, 0.05) is 27.8 Å². The Morgan fingerprint density at radius 1 is 1.32 bits per heavy atom. The highest BCUT2D eigenvalue weighted by atomic mass is 35.5. The molecule has 7 heteroatoms. The van der Waals surface area contributed by atoms with Crippen LogP contribution in [0.1, 0.15) is 21.5 Å². The average Bonchev–Trinajstić information content (AvgIpc) is 2.49. The van der Waals surface area contributed by atoms with Crippen LogP contribution in [-0.4, -0.2) is 17.0 Å². The van der Waals surface area contributed by atoms with Crippen molar-refractivity contribution in [3.8, 4) is 0 Å². The molecule has 2 rings (SSSR count). The molecule has 0 aliphatic carbocycles. The number of rotatable bonds is 4. The van der Waals surface area contributed by atoms with E-state index in [-0.39, 0.29) is 11.3 Å². The third-order valence-corrected chi connectivity index (χ3v) is 3.29. The van der Waals surface area contributed by atoms with Gasteiger partial charge >= 0.3 is 0 Å². The first-order chi connectivity index (χ1) is 10.5. The summed E-state index contributed by atoms with van der Waals surface area (Å²) < 4.78 is 0. The molecule has 0 bridgehead atoms. The third kappa shape index (κ3) is 3.67. The van der Waals surface area contributed by atoms with Crippen molar-refractivity contribution in [3.05, 3.63) is 74.3 Å². The second-order valence-corrected chi connectivity index (χ2v) is 4.89. The predicted octanol–water partition coefficient (Wildman–Crippen LogP) is 3.32. The smallest absolute Gasteiger partial charge is 0.267 e. The monoisotopic (exact) mass is 317 g/mol. The van der Waals surface area contributed by atoms with Gasteiger partial charge in [-0.2, -0.15) is 5.10 Å². The minimum atomic E-state index is -0.536. The van der Waals surface area contributed by atoms with Crippen LogP contribution in [-0.2, 0) is 0 Å². The maximum absolute atomic E-state index is 11.9. The molecule has 2 aromatic carbocycles. The fourth-order valence-corrected chi connectivity index (χ4v) is 1.94. The van der Waals surface area contributed by atoms with Crippen LogP contribution in [0.5, 0.6) is 0 Å². The molecule has 1 amide bonds. The van der Waals surface area contributed by atoms with Crippen molar-refractivity contribution in [2.75, 3.05) is 0 Å². The van der Waals surface area contributed by atoms with Crippen LogP contribution in [0.3, 0.4) is 0 Å². The number of amides is 1. The quantitative estimate of drug-likeness (QED) is 0.533. The zero-order valence-electron chi connectivity index (χ0n) is 11.6. The minimum Gasteiger partial charge on any atom is -0.267 e. The molecule has 0 aromatic heterocycles. The lowest BCUT2D eigenvalue weighted by Crippen LogP contribution is -2.17. The van der Waals surface area contributed by atoms with Crippen LogP contribution in [0.2, 0.25) is 5.02 Å². The first kappa shape index (κ1) is 15.7. The van der Waals surface area contributed by atoms with Crippen molar-refractivity contribution in [3.63, 3.8) is 0 Å². The number of hydrogen-bond acceptors (Lipinski definition) is 4. The second-order valence-electron chi connectivity index (χ2n) is 4.48. The van der Waals surface area contributed by atoms with Crippen LogP contribution in [0.15, 0.2) is 47.6 Å². The number of nitro groups is 1. The Labute approximate surface area is 131 Å². The summed E-state index contributed by atoms with van der Waals surface area (Å²) in [6.07, 6.45) is 1.41. The molecule has 0 unspecified atom stereocenters. The number of benzene rings is 2. The van der Waals surface area contributed by atoms with Gasteiger partial charge in [0.05, 0.1) is 11.1 Å². The Morgan fingerprint density at radius 2 is 2.05 bits per heavy atom. The van der Waals surface area contributed by atoms with Crippen LogP contribution in [0, 0.1) is 17.0 Å². The van der Waals surface area contributed by atoms with Gasteiger partial charge in [-0.15, -0.1) is 0 Å². The van der Waals surface area contributed by atoms with Crippen molar-refractivity contribution in [1.29, 1.82) is 0 Å². The van der Waals surface area contributed by atoms with Crippen molar-refractivity contribution >= 4 is 29.4 Å². The van der Waals surface area contributed by atoms with Crippen LogP contribution in [0.4, 0.5) is 5.69 Å². The number of aryl methyl sites for hydroxylation is 1. The lowest BCUT2D eigenvalue weighted by atomic mass is 10.1. The topological polar surface area (TPSA) is 84.6 Å². The van der Waals surface area contributed by atoms with Crippen molar-refractivity contribution < 1.29 is 9.72 Å². The fourth-order valence-electron chi connectivity index (χ4n) is 1.75. The molecule has 112 valence electrons. The van der Waals surface area contributed by atoms with E-state index in [1.807, 2.05) is 0 Å². The molecule has 0 aliphatic heterocycles. The van der Waals surface area contributed by atoms with Gasteiger partial charge in [0.2, 0.25) is 0 Å². The molecule has 0 saturated carbocycles. The maximum Gasteiger partial charge on any atom is 0.273 e. The number of carbonyl (C=O) groups excluding carboxylic acids is 1. The van der Waals surface area contributed by atoms with Gasteiger partial charge in [-0.1, -0.05) is 35.9 Å². The molecule has 0 radical (unpaired) electrons. The predicted molar refractivity (Wildman–Crippen MR) is 84.3 cm³/mol. The number of carbonyl (C=O) groups is 1. The normalized spacial score (nSPS) is 10.6. The molecule has 0 atom stereocenters. The Bertz CT molecular complexity index is 759. The summed E-state index contributed by atoms with van der Waals surface area (Å²) in [5, 5.41) is 15.2. The highest BCUT2D eigenvalue weighted by molar-refractivity contribution is 6.33. The van der Waals surface area contributed by atoms with Crippen LogP contribution >= 0.6 is 11.6 Å². The summed E-state index contributed by atoms with van der Waals surface area (Å²) in [5.74, 6) is -0.536. The van der Waals surface area contributed by atoms with Crippen molar-refractivity contribution in [1.82, 2.24) is 5.43 Å². The van der Waals surface area contributed by atoms with E-state index in [0.717, 1.165) is 0 Å². The molecule has 0 spiro atoms. The van der Waals surface area contributed by atoms with Crippen molar-refractivity contribution in [2.24, 2.45) is 5.10 Å². The van der Waals surface area contributed by atoms with Gasteiger partial charge in [0.15, 0.2) is 0 Å². The van der Waals surface area contributed by atoms with Gasteiger partial charge in [0.1, 0.15) is 0 Å². The average molecular weight is 318 g/mol. The maximum atomic E-state index is 11.9. The van der Waals surface area contributed by atoms with E-state index >= 15 is 0 Å². The van der Waals surface area contributed by atoms with E-state index in [2.05, 4.69) is 10.5 Å². The van der Waals surface area contributed by atoms with E-state index in [4.69, 9.17) is 11.6 Å². The molecule has 22 heavy (non-hydrogen) atoms. The summed E-state index contributed by atoms with van der Waals surface area (Å²) in [6, 6.07) is 11.3.